The number of carboxylic acid groups (broad SMARTS) is 1. The van der Waals surface area contributed by atoms with Gasteiger partial charge in [-0.2, -0.15) is 0 Å². The number of hydrogen-bond acceptors (Lipinski definition) is 2. The maximum Gasteiger partial charge on any atom is 0.307 e. The van der Waals surface area contributed by atoms with Crippen molar-refractivity contribution in [1.29, 1.82) is 0 Å². The fourth-order valence-electron chi connectivity index (χ4n) is 3.69. The Hall–Kier alpha value is -4.17. The maximum absolute atomic E-state index is 13.8. The first-order valence-electron chi connectivity index (χ1n) is 9.64. The molecule has 0 aliphatic heterocycles. The van der Waals surface area contributed by atoms with Crippen molar-refractivity contribution in [2.24, 2.45) is 0 Å². The van der Waals surface area contributed by atoms with Crippen LogP contribution in [0, 0.1) is 12.4 Å². The van der Waals surface area contributed by atoms with Gasteiger partial charge in [0.25, 0.3) is 0 Å². The van der Waals surface area contributed by atoms with E-state index in [1.54, 1.807) is 30.3 Å². The average Bonchev–Trinajstić information content (AvgIpc) is 2.99. The summed E-state index contributed by atoms with van der Waals surface area (Å²) in [6.45, 7) is 8.88. The summed E-state index contributed by atoms with van der Waals surface area (Å²) < 4.78 is 19.7. The SMILES string of the molecule is [C-]#[N+]c1ccc(Oc2cccc(/C=C3/C(C)=C(CC(=O)O)c4cc(F)ccc43)c2)cc1. The van der Waals surface area contributed by atoms with E-state index in [9.17, 15) is 14.3 Å². The van der Waals surface area contributed by atoms with Crippen molar-refractivity contribution in [3.05, 3.63) is 106 Å². The minimum Gasteiger partial charge on any atom is -0.481 e. The number of nitrogens with zero attached hydrogens (tertiary/aromatic N) is 1. The molecule has 0 saturated carbocycles. The van der Waals surface area contributed by atoms with Crippen LogP contribution in [-0.4, -0.2) is 11.1 Å². The van der Waals surface area contributed by atoms with Crippen LogP contribution < -0.4 is 4.74 Å². The molecular weight excluding hydrogens is 393 g/mol. The fraction of sp³-hybridized carbons (Fsp3) is 0.0769. The second-order valence-corrected chi connectivity index (χ2v) is 7.20. The van der Waals surface area contributed by atoms with E-state index in [1.807, 2.05) is 37.3 Å². The van der Waals surface area contributed by atoms with E-state index in [1.165, 1.54) is 12.1 Å². The lowest BCUT2D eigenvalue weighted by Crippen LogP contribution is -1.97. The van der Waals surface area contributed by atoms with Gasteiger partial charge in [-0.25, -0.2) is 9.24 Å². The highest BCUT2D eigenvalue weighted by atomic mass is 19.1. The standard InChI is InChI=1S/C26H18FNO3/c1-16-23(22-11-6-18(27)14-25(22)24(16)15-26(29)30)13-17-4-3-5-21(12-17)31-20-9-7-19(28-2)8-10-20/h3-14H,15H2,1H3,(H,29,30)/b23-13-. The molecule has 0 radical (unpaired) electrons. The molecule has 0 fully saturated rings. The minimum atomic E-state index is -0.953. The third-order valence-corrected chi connectivity index (χ3v) is 5.15. The number of aliphatic carboxylic acids is 1. The van der Waals surface area contributed by atoms with E-state index in [-0.39, 0.29) is 6.42 Å². The van der Waals surface area contributed by atoms with E-state index in [0.29, 0.717) is 28.3 Å². The Kier molecular flexibility index (Phi) is 5.38. The normalized spacial score (nSPS) is 13.8. The third-order valence-electron chi connectivity index (χ3n) is 5.15. The molecule has 0 saturated heterocycles. The van der Waals surface area contributed by atoms with Crippen LogP contribution >= 0.6 is 0 Å². The van der Waals surface area contributed by atoms with Gasteiger partial charge in [-0.1, -0.05) is 30.3 Å². The summed E-state index contributed by atoms with van der Waals surface area (Å²) in [4.78, 5) is 14.7. The predicted molar refractivity (Wildman–Crippen MR) is 118 cm³/mol. The highest BCUT2D eigenvalue weighted by Gasteiger charge is 2.25. The smallest absolute Gasteiger partial charge is 0.307 e. The van der Waals surface area contributed by atoms with Gasteiger partial charge < -0.3 is 9.84 Å². The lowest BCUT2D eigenvalue weighted by molar-refractivity contribution is -0.135. The number of fused-ring (bicyclic) bond motifs is 1. The predicted octanol–water partition coefficient (Wildman–Crippen LogP) is 6.97. The van der Waals surface area contributed by atoms with Crippen LogP contribution in [0.3, 0.4) is 0 Å². The Morgan fingerprint density at radius 1 is 1.06 bits per heavy atom. The van der Waals surface area contributed by atoms with E-state index in [2.05, 4.69) is 4.85 Å². The monoisotopic (exact) mass is 411 g/mol. The van der Waals surface area contributed by atoms with Crippen LogP contribution in [0.4, 0.5) is 10.1 Å². The van der Waals surface area contributed by atoms with E-state index in [4.69, 9.17) is 11.3 Å². The van der Waals surface area contributed by atoms with E-state index >= 15 is 0 Å². The molecular formula is C26H18FNO3. The lowest BCUT2D eigenvalue weighted by Gasteiger charge is -2.08. The zero-order valence-electron chi connectivity index (χ0n) is 16.7. The van der Waals surface area contributed by atoms with Crippen molar-refractivity contribution in [2.45, 2.75) is 13.3 Å². The van der Waals surface area contributed by atoms with Crippen LogP contribution in [0.25, 0.3) is 22.1 Å². The zero-order chi connectivity index (χ0) is 22.0. The van der Waals surface area contributed by atoms with E-state index in [0.717, 1.165) is 22.3 Å². The van der Waals surface area contributed by atoms with Crippen LogP contribution in [-0.2, 0) is 4.79 Å². The van der Waals surface area contributed by atoms with Gasteiger partial charge in [0.2, 0.25) is 0 Å². The Balaban J connectivity index is 1.69. The number of halogens is 1. The van der Waals surface area contributed by atoms with Crippen molar-refractivity contribution < 1.29 is 19.0 Å². The van der Waals surface area contributed by atoms with Gasteiger partial charge in [-0.3, -0.25) is 4.79 Å². The molecule has 1 aliphatic rings. The Morgan fingerprint density at radius 3 is 2.55 bits per heavy atom. The first-order valence-corrected chi connectivity index (χ1v) is 9.64. The quantitative estimate of drug-likeness (QED) is 0.461. The van der Waals surface area contributed by atoms with Gasteiger partial charge in [0.15, 0.2) is 5.69 Å². The molecule has 1 aliphatic carbocycles. The molecule has 3 aromatic rings. The van der Waals surface area contributed by atoms with Crippen molar-refractivity contribution in [3.8, 4) is 11.5 Å². The van der Waals surface area contributed by atoms with Gasteiger partial charge in [0, 0.05) is 0 Å². The number of benzene rings is 3. The van der Waals surface area contributed by atoms with Crippen LogP contribution in [0.15, 0.2) is 72.3 Å². The van der Waals surface area contributed by atoms with Gasteiger partial charge >= 0.3 is 5.97 Å². The largest absolute Gasteiger partial charge is 0.481 e. The van der Waals surface area contributed by atoms with Crippen molar-refractivity contribution in [2.75, 3.05) is 0 Å². The maximum atomic E-state index is 13.8. The molecule has 4 nitrogen and oxygen atoms in total. The zero-order valence-corrected chi connectivity index (χ0v) is 16.7. The van der Waals surface area contributed by atoms with Gasteiger partial charge in [0.1, 0.15) is 17.3 Å². The molecule has 0 aromatic heterocycles. The summed E-state index contributed by atoms with van der Waals surface area (Å²) in [6, 6.07) is 18.8. The summed E-state index contributed by atoms with van der Waals surface area (Å²) in [7, 11) is 0. The molecule has 152 valence electrons. The second kappa shape index (κ2) is 8.29. The van der Waals surface area contributed by atoms with Crippen LogP contribution in [0.5, 0.6) is 11.5 Å². The lowest BCUT2D eigenvalue weighted by atomic mass is 10.0. The fourth-order valence-corrected chi connectivity index (χ4v) is 3.69. The minimum absolute atomic E-state index is 0.163. The summed E-state index contributed by atoms with van der Waals surface area (Å²) in [6.07, 6.45) is 1.79. The topological polar surface area (TPSA) is 50.9 Å². The first-order chi connectivity index (χ1) is 14.9. The third kappa shape index (κ3) is 4.24. The van der Waals surface area contributed by atoms with Crippen molar-refractivity contribution in [3.63, 3.8) is 0 Å². The molecule has 0 heterocycles. The molecule has 0 spiro atoms. The summed E-state index contributed by atoms with van der Waals surface area (Å²) in [5.41, 5.74) is 5.17. The molecule has 0 unspecified atom stereocenters. The Morgan fingerprint density at radius 2 is 1.84 bits per heavy atom. The molecule has 5 heteroatoms. The molecule has 0 bridgehead atoms. The molecule has 4 rings (SSSR count). The molecule has 3 aromatic carbocycles. The summed E-state index contributed by atoms with van der Waals surface area (Å²) in [5, 5.41) is 9.29. The number of rotatable bonds is 5. The first kappa shape index (κ1) is 20.1. The Labute approximate surface area is 179 Å². The molecule has 0 amide bonds. The van der Waals surface area contributed by atoms with Crippen LogP contribution in [0.1, 0.15) is 30.0 Å². The number of carbonyl (C=O) groups is 1. The molecule has 1 N–H and O–H groups in total. The van der Waals surface area contributed by atoms with Crippen molar-refractivity contribution in [1.82, 2.24) is 0 Å². The van der Waals surface area contributed by atoms with Gasteiger partial charge in [0.05, 0.1) is 13.0 Å². The average molecular weight is 411 g/mol. The van der Waals surface area contributed by atoms with Crippen molar-refractivity contribution >= 4 is 28.9 Å². The summed E-state index contributed by atoms with van der Waals surface area (Å²) in [5.74, 6) is -0.0888. The number of ether oxygens (including phenoxy) is 1. The molecule has 31 heavy (non-hydrogen) atoms. The molecule has 0 atom stereocenters. The second-order valence-electron chi connectivity index (χ2n) is 7.20. The van der Waals surface area contributed by atoms with E-state index < -0.39 is 11.8 Å². The number of hydrogen-bond donors (Lipinski definition) is 1. The van der Waals surface area contributed by atoms with Gasteiger partial charge in [-0.05, 0) is 82.8 Å². The van der Waals surface area contributed by atoms with Crippen LogP contribution in [0.2, 0.25) is 0 Å². The van der Waals surface area contributed by atoms with Gasteiger partial charge in [-0.15, -0.1) is 0 Å². The highest BCUT2D eigenvalue weighted by molar-refractivity contribution is 6.07. The Bertz CT molecular complexity index is 1280. The highest BCUT2D eigenvalue weighted by Crippen LogP contribution is 2.44. The summed E-state index contributed by atoms with van der Waals surface area (Å²) >= 11 is 0. The number of allylic oxidation sites excluding steroid dienone is 2. The number of carboxylic acids is 1.